The van der Waals surface area contributed by atoms with Gasteiger partial charge in [0, 0.05) is 16.9 Å². The number of carbonyl (C=O) groups excluding carboxylic acids is 1. The first-order chi connectivity index (χ1) is 8.58. The molecule has 2 rings (SSSR count). The second-order valence-corrected chi connectivity index (χ2v) is 5.51. The van der Waals surface area contributed by atoms with Crippen molar-refractivity contribution in [2.24, 2.45) is 11.8 Å². The van der Waals surface area contributed by atoms with Crippen LogP contribution in [0.4, 0.5) is 4.39 Å². The molecule has 0 spiro atoms. The number of benzene rings is 1. The largest absolute Gasteiger partial charge is 0.352 e. The summed E-state index contributed by atoms with van der Waals surface area (Å²) < 4.78 is 13.6. The van der Waals surface area contributed by atoms with Gasteiger partial charge in [-0.1, -0.05) is 28.9 Å². The quantitative estimate of drug-likeness (QED) is 0.875. The highest BCUT2D eigenvalue weighted by Crippen LogP contribution is 2.19. The van der Waals surface area contributed by atoms with Crippen LogP contribution in [0.25, 0.3) is 0 Å². The van der Waals surface area contributed by atoms with E-state index in [2.05, 4.69) is 26.6 Å². The molecule has 19 heavy (non-hydrogen) atoms. The van der Waals surface area contributed by atoms with E-state index in [4.69, 9.17) is 0 Å². The lowest BCUT2D eigenvalue weighted by Gasteiger charge is -2.31. The van der Waals surface area contributed by atoms with Gasteiger partial charge in [0.05, 0.1) is 0 Å². The third-order valence-electron chi connectivity index (χ3n) is 3.40. The number of hydrogen-bond donors (Lipinski definition) is 2. The molecular formula is C13H17BrClFN2O. The summed E-state index contributed by atoms with van der Waals surface area (Å²) in [5, 5.41) is 6.05. The first kappa shape index (κ1) is 16.4. The normalized spacial score (nSPS) is 16.2. The first-order valence-corrected chi connectivity index (χ1v) is 6.79. The van der Waals surface area contributed by atoms with E-state index in [0.717, 1.165) is 18.7 Å². The highest BCUT2D eigenvalue weighted by Gasteiger charge is 2.28. The van der Waals surface area contributed by atoms with Crippen molar-refractivity contribution in [1.29, 1.82) is 0 Å². The van der Waals surface area contributed by atoms with Crippen LogP contribution in [-0.4, -0.2) is 19.0 Å². The maximum absolute atomic E-state index is 12.9. The van der Waals surface area contributed by atoms with Crippen molar-refractivity contribution < 1.29 is 9.18 Å². The van der Waals surface area contributed by atoms with Gasteiger partial charge in [-0.25, -0.2) is 4.39 Å². The van der Waals surface area contributed by atoms with Gasteiger partial charge >= 0.3 is 0 Å². The van der Waals surface area contributed by atoms with E-state index in [-0.39, 0.29) is 30.0 Å². The van der Waals surface area contributed by atoms with Crippen molar-refractivity contribution in [2.75, 3.05) is 13.1 Å². The van der Waals surface area contributed by atoms with Crippen LogP contribution < -0.4 is 10.6 Å². The third kappa shape index (κ3) is 4.16. The van der Waals surface area contributed by atoms with Crippen LogP contribution in [0.3, 0.4) is 0 Å². The predicted octanol–water partition coefficient (Wildman–Crippen LogP) is 2.48. The molecule has 2 N–H and O–H groups in total. The monoisotopic (exact) mass is 350 g/mol. The summed E-state index contributed by atoms with van der Waals surface area (Å²) in [5.41, 5.74) is 0.878. The van der Waals surface area contributed by atoms with E-state index in [1.165, 1.54) is 12.1 Å². The Morgan fingerprint density at radius 3 is 2.79 bits per heavy atom. The lowest BCUT2D eigenvalue weighted by atomic mass is 9.88. The SMILES string of the molecule is CC(C(=O)NCc1ccc(F)cc1Br)C1CNC1.Cl. The Hall–Kier alpha value is -0.650. The van der Waals surface area contributed by atoms with Gasteiger partial charge in [0.2, 0.25) is 5.91 Å². The smallest absolute Gasteiger partial charge is 0.223 e. The Bertz CT molecular complexity index is 454. The number of amides is 1. The van der Waals surface area contributed by atoms with Gasteiger partial charge in [-0.3, -0.25) is 4.79 Å². The molecule has 1 aromatic carbocycles. The predicted molar refractivity (Wildman–Crippen MR) is 78.7 cm³/mol. The zero-order chi connectivity index (χ0) is 13.1. The molecule has 0 aromatic heterocycles. The van der Waals surface area contributed by atoms with Gasteiger partial charge in [0.25, 0.3) is 0 Å². The van der Waals surface area contributed by atoms with Crippen molar-refractivity contribution >= 4 is 34.2 Å². The topological polar surface area (TPSA) is 41.1 Å². The average molecular weight is 352 g/mol. The Kier molecular flexibility index (Phi) is 6.23. The summed E-state index contributed by atoms with van der Waals surface area (Å²) in [6.07, 6.45) is 0. The molecule has 0 saturated carbocycles. The van der Waals surface area contributed by atoms with E-state index in [9.17, 15) is 9.18 Å². The second kappa shape index (κ2) is 7.22. The number of hydrogen-bond acceptors (Lipinski definition) is 2. The second-order valence-electron chi connectivity index (χ2n) is 4.66. The van der Waals surface area contributed by atoms with Crippen LogP contribution >= 0.6 is 28.3 Å². The first-order valence-electron chi connectivity index (χ1n) is 6.00. The fourth-order valence-electron chi connectivity index (χ4n) is 1.89. The molecule has 1 heterocycles. The van der Waals surface area contributed by atoms with E-state index in [0.29, 0.717) is 16.9 Å². The lowest BCUT2D eigenvalue weighted by molar-refractivity contribution is -0.126. The van der Waals surface area contributed by atoms with Crippen molar-refractivity contribution in [2.45, 2.75) is 13.5 Å². The Labute approximate surface area is 126 Å². The maximum Gasteiger partial charge on any atom is 0.223 e. The zero-order valence-corrected chi connectivity index (χ0v) is 13.0. The van der Waals surface area contributed by atoms with Gasteiger partial charge in [0.15, 0.2) is 0 Å². The molecule has 6 heteroatoms. The lowest BCUT2D eigenvalue weighted by Crippen LogP contribution is -2.49. The van der Waals surface area contributed by atoms with Crippen molar-refractivity contribution in [3.05, 3.63) is 34.1 Å². The molecule has 1 atom stereocenters. The minimum atomic E-state index is -0.286. The van der Waals surface area contributed by atoms with Crippen molar-refractivity contribution in [3.63, 3.8) is 0 Å². The molecule has 0 radical (unpaired) electrons. The summed E-state index contributed by atoms with van der Waals surface area (Å²) in [6.45, 7) is 4.19. The van der Waals surface area contributed by atoms with Crippen LogP contribution in [0.2, 0.25) is 0 Å². The van der Waals surface area contributed by atoms with Crippen molar-refractivity contribution in [1.82, 2.24) is 10.6 Å². The Balaban J connectivity index is 0.00000180. The molecule has 1 aliphatic rings. The summed E-state index contributed by atoms with van der Waals surface area (Å²) >= 11 is 3.29. The van der Waals surface area contributed by atoms with Crippen LogP contribution in [0.1, 0.15) is 12.5 Å². The fraction of sp³-hybridized carbons (Fsp3) is 0.462. The molecule has 0 aliphatic carbocycles. The van der Waals surface area contributed by atoms with E-state index in [1.807, 2.05) is 6.92 Å². The highest BCUT2D eigenvalue weighted by atomic mass is 79.9. The molecular weight excluding hydrogens is 335 g/mol. The van der Waals surface area contributed by atoms with E-state index in [1.54, 1.807) is 6.07 Å². The van der Waals surface area contributed by atoms with Crippen LogP contribution in [0, 0.1) is 17.7 Å². The van der Waals surface area contributed by atoms with Gasteiger partial charge < -0.3 is 10.6 Å². The number of carbonyl (C=O) groups is 1. The minimum Gasteiger partial charge on any atom is -0.352 e. The van der Waals surface area contributed by atoms with Crippen LogP contribution in [-0.2, 0) is 11.3 Å². The molecule has 1 saturated heterocycles. The molecule has 1 aromatic rings. The maximum atomic E-state index is 12.9. The summed E-state index contributed by atoms with van der Waals surface area (Å²) in [4.78, 5) is 11.9. The molecule has 1 fully saturated rings. The van der Waals surface area contributed by atoms with Gasteiger partial charge in [-0.05, 0) is 36.7 Å². The summed E-state index contributed by atoms with van der Waals surface area (Å²) in [5.74, 6) is 0.218. The average Bonchev–Trinajstić information content (AvgIpc) is 2.25. The van der Waals surface area contributed by atoms with E-state index < -0.39 is 0 Å². The molecule has 106 valence electrons. The van der Waals surface area contributed by atoms with Gasteiger partial charge in [-0.15, -0.1) is 12.4 Å². The Morgan fingerprint density at radius 1 is 1.58 bits per heavy atom. The molecule has 3 nitrogen and oxygen atoms in total. The van der Waals surface area contributed by atoms with Gasteiger partial charge in [-0.2, -0.15) is 0 Å². The molecule has 1 aliphatic heterocycles. The molecule has 1 amide bonds. The van der Waals surface area contributed by atoms with E-state index >= 15 is 0 Å². The minimum absolute atomic E-state index is 0. The van der Waals surface area contributed by atoms with Crippen molar-refractivity contribution in [3.8, 4) is 0 Å². The van der Waals surface area contributed by atoms with Gasteiger partial charge in [0.1, 0.15) is 5.82 Å². The summed E-state index contributed by atoms with van der Waals surface area (Å²) in [7, 11) is 0. The fourth-order valence-corrected chi connectivity index (χ4v) is 2.38. The molecule has 1 unspecified atom stereocenters. The summed E-state index contributed by atoms with van der Waals surface area (Å²) in [6, 6.07) is 4.47. The highest BCUT2D eigenvalue weighted by molar-refractivity contribution is 9.10. The van der Waals surface area contributed by atoms with Crippen LogP contribution in [0.5, 0.6) is 0 Å². The zero-order valence-electron chi connectivity index (χ0n) is 10.6. The number of nitrogens with one attached hydrogen (secondary N) is 2. The molecule has 0 bridgehead atoms. The Morgan fingerprint density at radius 2 is 2.26 bits per heavy atom. The standard InChI is InChI=1S/C13H16BrFN2O.ClH/c1-8(10-5-16-6-10)13(18)17-7-9-2-3-11(15)4-12(9)14;/h2-4,8,10,16H,5-7H2,1H3,(H,17,18);1H. The third-order valence-corrected chi connectivity index (χ3v) is 4.14. The van der Waals surface area contributed by atoms with Crippen LogP contribution in [0.15, 0.2) is 22.7 Å². The number of rotatable bonds is 4. The number of halogens is 3.